The van der Waals surface area contributed by atoms with Crippen molar-refractivity contribution in [3.8, 4) is 0 Å². The maximum atomic E-state index is 9.75. The first-order chi connectivity index (χ1) is 5.69. The van der Waals surface area contributed by atoms with Crippen LogP contribution in [0.4, 0.5) is 0 Å². The number of fused-ring (bicyclic) bond motifs is 2. The van der Waals surface area contributed by atoms with Gasteiger partial charge >= 0.3 is 0 Å². The second kappa shape index (κ2) is 2.70. The van der Waals surface area contributed by atoms with Crippen molar-refractivity contribution in [2.24, 2.45) is 0 Å². The van der Waals surface area contributed by atoms with Crippen molar-refractivity contribution in [3.05, 3.63) is 0 Å². The van der Waals surface area contributed by atoms with E-state index >= 15 is 0 Å². The first-order valence-corrected chi connectivity index (χ1v) is 4.16. The molecule has 0 aromatic rings. The van der Waals surface area contributed by atoms with Crippen LogP contribution in [0.2, 0.25) is 0 Å². The molecule has 0 amide bonds. The summed E-state index contributed by atoms with van der Waals surface area (Å²) < 4.78 is 16.0. The van der Waals surface area contributed by atoms with Crippen LogP contribution in [0.15, 0.2) is 0 Å². The second-order valence-electron chi connectivity index (χ2n) is 3.54. The molecule has 0 radical (unpaired) electrons. The topological polar surface area (TPSA) is 47.9 Å². The van der Waals surface area contributed by atoms with Crippen molar-refractivity contribution in [3.63, 3.8) is 0 Å². The number of aliphatic hydroxyl groups excluding tert-OH is 1. The highest BCUT2D eigenvalue weighted by Crippen LogP contribution is 2.38. The predicted molar refractivity (Wildman–Crippen MR) is 43.8 cm³/mol. The quantitative estimate of drug-likeness (QED) is 0.495. The molecule has 2 rings (SSSR count). The Balaban J connectivity index is 2.15. The van der Waals surface area contributed by atoms with Gasteiger partial charge in [0.15, 0.2) is 0 Å². The van der Waals surface area contributed by atoms with Crippen LogP contribution in [0.5, 0.6) is 0 Å². The number of hydrogen-bond donors (Lipinski definition) is 1. The lowest BCUT2D eigenvalue weighted by Crippen LogP contribution is -2.45. The Labute approximate surface area is 72.2 Å². The molecule has 2 saturated heterocycles. The molecule has 12 heavy (non-hydrogen) atoms. The summed E-state index contributed by atoms with van der Waals surface area (Å²) in [4.78, 5) is 0. The summed E-state index contributed by atoms with van der Waals surface area (Å²) in [5, 5.41) is 9.75. The number of methoxy groups -OCH3 is 1. The molecule has 0 aromatic heterocycles. The van der Waals surface area contributed by atoms with Gasteiger partial charge in [0.05, 0.1) is 19.2 Å². The average molecular weight is 172 g/mol. The summed E-state index contributed by atoms with van der Waals surface area (Å²) in [5.41, 5.74) is -0.598. The Morgan fingerprint density at radius 1 is 1.75 bits per heavy atom. The molecule has 2 heterocycles. The van der Waals surface area contributed by atoms with E-state index in [4.69, 9.17) is 14.2 Å². The number of rotatable bonds is 2. The van der Waals surface area contributed by atoms with Gasteiger partial charge in [-0.15, -0.1) is 0 Å². The lowest BCUT2D eigenvalue weighted by Gasteiger charge is -2.28. The average Bonchev–Trinajstić information content (AvgIpc) is 2.41. The molecule has 4 nitrogen and oxygen atoms in total. The van der Waals surface area contributed by atoms with Crippen molar-refractivity contribution < 1.29 is 19.3 Å². The summed E-state index contributed by atoms with van der Waals surface area (Å²) in [6.45, 7) is 0.839. The molecule has 4 atom stereocenters. The van der Waals surface area contributed by atoms with Crippen LogP contribution >= 0.6 is 0 Å². The SMILES string of the molecule is B[C@@H]1O[C@]2(COC)COC1C2O. The molecule has 2 fully saturated rings. The molecule has 2 unspecified atom stereocenters. The molecule has 68 valence electrons. The maximum Gasteiger partial charge on any atom is 0.142 e. The Kier molecular flexibility index (Phi) is 1.91. The minimum Gasteiger partial charge on any atom is -0.387 e. The van der Waals surface area contributed by atoms with Crippen LogP contribution in [-0.4, -0.2) is 57.1 Å². The third kappa shape index (κ3) is 0.940. The van der Waals surface area contributed by atoms with Crippen molar-refractivity contribution >= 4 is 7.85 Å². The highest BCUT2D eigenvalue weighted by molar-refractivity contribution is 6.11. The Morgan fingerprint density at radius 2 is 2.50 bits per heavy atom. The molecule has 0 aromatic carbocycles. The van der Waals surface area contributed by atoms with E-state index < -0.39 is 11.7 Å². The lowest BCUT2D eigenvalue weighted by molar-refractivity contribution is -0.142. The van der Waals surface area contributed by atoms with Gasteiger partial charge in [0, 0.05) is 7.11 Å². The van der Waals surface area contributed by atoms with E-state index in [0.717, 1.165) is 0 Å². The van der Waals surface area contributed by atoms with Gasteiger partial charge < -0.3 is 19.3 Å². The molecule has 2 bridgehead atoms. The van der Waals surface area contributed by atoms with Crippen LogP contribution in [0.1, 0.15) is 0 Å². The van der Waals surface area contributed by atoms with E-state index in [-0.39, 0.29) is 12.1 Å². The summed E-state index contributed by atoms with van der Waals surface area (Å²) >= 11 is 0. The van der Waals surface area contributed by atoms with Crippen molar-refractivity contribution in [2.45, 2.75) is 23.8 Å². The van der Waals surface area contributed by atoms with E-state index in [1.807, 2.05) is 7.85 Å². The number of hydrogen-bond acceptors (Lipinski definition) is 4. The third-order valence-electron chi connectivity index (χ3n) is 2.64. The van der Waals surface area contributed by atoms with Crippen LogP contribution in [0.25, 0.3) is 0 Å². The van der Waals surface area contributed by atoms with Gasteiger partial charge in [-0.1, -0.05) is 0 Å². The Morgan fingerprint density at radius 3 is 2.92 bits per heavy atom. The molecular weight excluding hydrogens is 159 g/mol. The van der Waals surface area contributed by atoms with Gasteiger partial charge in [-0.2, -0.15) is 0 Å². The Hall–Kier alpha value is -0.0951. The van der Waals surface area contributed by atoms with Crippen LogP contribution in [0, 0.1) is 0 Å². The highest BCUT2D eigenvalue weighted by Gasteiger charge is 2.59. The van der Waals surface area contributed by atoms with Crippen LogP contribution < -0.4 is 0 Å². The largest absolute Gasteiger partial charge is 0.387 e. The molecule has 1 N–H and O–H groups in total. The van der Waals surface area contributed by atoms with Gasteiger partial charge in [0.2, 0.25) is 0 Å². The minimum atomic E-state index is -0.598. The van der Waals surface area contributed by atoms with E-state index in [0.29, 0.717) is 13.2 Å². The zero-order chi connectivity index (χ0) is 8.77. The number of aliphatic hydroxyl groups is 1. The second-order valence-corrected chi connectivity index (χ2v) is 3.54. The van der Waals surface area contributed by atoms with E-state index in [9.17, 15) is 5.11 Å². The normalized spacial score (nSPS) is 51.7. The predicted octanol–water partition coefficient (Wildman–Crippen LogP) is -1.88. The van der Waals surface area contributed by atoms with Crippen molar-refractivity contribution in [1.29, 1.82) is 0 Å². The first-order valence-electron chi connectivity index (χ1n) is 4.16. The standard InChI is InChI=1S/C7H13BO4/c1-10-2-7-3-11-4(5(7)9)6(8)12-7/h4-6,9H,2-3,8H2,1H3/t4?,5?,6-,7-/m1/s1. The molecular formula is C7H13BO4. The first kappa shape index (κ1) is 8.50. The van der Waals surface area contributed by atoms with Crippen molar-refractivity contribution in [2.75, 3.05) is 20.3 Å². The smallest absolute Gasteiger partial charge is 0.142 e. The minimum absolute atomic E-state index is 0.0242. The number of ether oxygens (including phenoxy) is 3. The van der Waals surface area contributed by atoms with Crippen molar-refractivity contribution in [1.82, 2.24) is 0 Å². The zero-order valence-electron chi connectivity index (χ0n) is 7.32. The monoisotopic (exact) mass is 172 g/mol. The van der Waals surface area contributed by atoms with Gasteiger partial charge in [-0.25, -0.2) is 0 Å². The summed E-state index contributed by atoms with van der Waals surface area (Å²) in [7, 11) is 3.51. The molecule has 0 aliphatic carbocycles. The fraction of sp³-hybridized carbons (Fsp3) is 1.00. The van der Waals surface area contributed by atoms with Gasteiger partial charge in [-0.05, 0) is 0 Å². The van der Waals surface area contributed by atoms with Crippen LogP contribution in [0.3, 0.4) is 0 Å². The third-order valence-corrected chi connectivity index (χ3v) is 2.64. The molecule has 2 aliphatic heterocycles. The van der Waals surface area contributed by atoms with E-state index in [2.05, 4.69) is 0 Å². The molecule has 0 saturated carbocycles. The van der Waals surface area contributed by atoms with E-state index in [1.54, 1.807) is 7.11 Å². The molecule has 5 heteroatoms. The summed E-state index contributed by atoms with van der Waals surface area (Å²) in [6, 6.07) is -0.0242. The van der Waals surface area contributed by atoms with Gasteiger partial charge in [0.25, 0.3) is 0 Å². The van der Waals surface area contributed by atoms with E-state index in [1.165, 1.54) is 0 Å². The summed E-state index contributed by atoms with van der Waals surface area (Å²) in [5.74, 6) is 0. The van der Waals surface area contributed by atoms with Gasteiger partial charge in [-0.3, -0.25) is 0 Å². The summed E-state index contributed by atoms with van der Waals surface area (Å²) in [6.07, 6.45) is -0.701. The fourth-order valence-electron chi connectivity index (χ4n) is 2.05. The zero-order valence-corrected chi connectivity index (χ0v) is 7.32. The van der Waals surface area contributed by atoms with Crippen LogP contribution in [-0.2, 0) is 14.2 Å². The molecule has 0 spiro atoms. The molecule has 2 aliphatic rings. The maximum absolute atomic E-state index is 9.75. The van der Waals surface area contributed by atoms with Gasteiger partial charge in [0.1, 0.15) is 25.7 Å². The lowest BCUT2D eigenvalue weighted by atomic mass is 9.92. The Bertz CT molecular complexity index is 188. The fourth-order valence-corrected chi connectivity index (χ4v) is 2.05. The highest BCUT2D eigenvalue weighted by atomic mass is 16.6.